The van der Waals surface area contributed by atoms with Gasteiger partial charge in [-0.15, -0.1) is 10.2 Å². The number of nitrogens with zero attached hydrogens (tertiary/aromatic N) is 4. The maximum atomic E-state index is 12.4. The second-order valence-corrected chi connectivity index (χ2v) is 9.38. The van der Waals surface area contributed by atoms with E-state index in [1.807, 2.05) is 36.4 Å². The summed E-state index contributed by atoms with van der Waals surface area (Å²) in [6, 6.07) is 19.6. The number of hydrogen-bond donors (Lipinski definition) is 3. The number of ether oxygens (including phenoxy) is 2. The van der Waals surface area contributed by atoms with Crippen molar-refractivity contribution in [3.63, 3.8) is 0 Å². The zero-order chi connectivity index (χ0) is 27.6. The van der Waals surface area contributed by atoms with Crippen molar-refractivity contribution in [2.75, 3.05) is 25.5 Å². The second kappa shape index (κ2) is 13.7. The van der Waals surface area contributed by atoms with Crippen molar-refractivity contribution in [2.24, 2.45) is 0 Å². The molecule has 0 fully saturated rings. The molecule has 202 valence electrons. The van der Waals surface area contributed by atoms with Crippen molar-refractivity contribution in [3.05, 3.63) is 76.8 Å². The SMILES string of the molecule is COc1ccc(NC(=S)NCCCNC(=O)Cn2nnc(-c3ccccc3Oc3ccc(Cl)cc3Cl)n2)cc1. The molecule has 0 atom stereocenters. The number of aromatic nitrogens is 4. The number of hydrogen-bond acceptors (Lipinski definition) is 7. The quantitative estimate of drug-likeness (QED) is 0.166. The van der Waals surface area contributed by atoms with Crippen LogP contribution in [0.3, 0.4) is 0 Å². The Morgan fingerprint density at radius 1 is 1.00 bits per heavy atom. The molecule has 0 aliphatic heterocycles. The molecule has 0 unspecified atom stereocenters. The van der Waals surface area contributed by atoms with Gasteiger partial charge in [-0.2, -0.15) is 4.80 Å². The first kappa shape index (κ1) is 28.1. The minimum absolute atomic E-state index is 0.0795. The average Bonchev–Trinajstić information content (AvgIpc) is 3.39. The smallest absolute Gasteiger partial charge is 0.243 e. The molecule has 0 bridgehead atoms. The first-order chi connectivity index (χ1) is 18.9. The largest absolute Gasteiger partial charge is 0.497 e. The van der Waals surface area contributed by atoms with E-state index in [-0.39, 0.29) is 12.5 Å². The zero-order valence-electron chi connectivity index (χ0n) is 20.9. The molecule has 0 radical (unpaired) electrons. The van der Waals surface area contributed by atoms with Crippen LogP contribution >= 0.6 is 35.4 Å². The van der Waals surface area contributed by atoms with Crippen LogP contribution in [0.4, 0.5) is 5.69 Å². The highest BCUT2D eigenvalue weighted by Crippen LogP contribution is 2.35. The minimum atomic E-state index is -0.240. The molecule has 10 nitrogen and oxygen atoms in total. The van der Waals surface area contributed by atoms with E-state index in [0.717, 1.165) is 11.4 Å². The van der Waals surface area contributed by atoms with Crippen molar-refractivity contribution >= 4 is 52.1 Å². The Hall–Kier alpha value is -3.93. The van der Waals surface area contributed by atoms with Crippen LogP contribution in [0.2, 0.25) is 10.0 Å². The van der Waals surface area contributed by atoms with Gasteiger partial charge in [0, 0.05) is 23.8 Å². The van der Waals surface area contributed by atoms with Gasteiger partial charge in [-0.3, -0.25) is 4.79 Å². The van der Waals surface area contributed by atoms with E-state index in [1.54, 1.807) is 37.4 Å². The van der Waals surface area contributed by atoms with Crippen molar-refractivity contribution in [1.29, 1.82) is 0 Å². The van der Waals surface area contributed by atoms with E-state index >= 15 is 0 Å². The lowest BCUT2D eigenvalue weighted by atomic mass is 10.2. The number of benzene rings is 3. The van der Waals surface area contributed by atoms with E-state index < -0.39 is 0 Å². The molecule has 4 rings (SSSR count). The fourth-order valence-corrected chi connectivity index (χ4v) is 4.05. The first-order valence-electron chi connectivity index (χ1n) is 11.9. The van der Waals surface area contributed by atoms with Crippen molar-refractivity contribution < 1.29 is 14.3 Å². The van der Waals surface area contributed by atoms with Gasteiger partial charge in [-0.05, 0) is 78.4 Å². The predicted octanol–water partition coefficient (Wildman–Crippen LogP) is 4.94. The third-order valence-electron chi connectivity index (χ3n) is 5.29. The topological polar surface area (TPSA) is 115 Å². The summed E-state index contributed by atoms with van der Waals surface area (Å²) >= 11 is 17.5. The van der Waals surface area contributed by atoms with E-state index in [1.165, 1.54) is 4.80 Å². The summed E-state index contributed by atoms with van der Waals surface area (Å²) in [5.74, 6) is 1.76. The average molecular weight is 587 g/mol. The molecule has 3 N–H and O–H groups in total. The molecular weight excluding hydrogens is 561 g/mol. The Morgan fingerprint density at radius 2 is 1.77 bits per heavy atom. The molecule has 13 heteroatoms. The fourth-order valence-electron chi connectivity index (χ4n) is 3.39. The number of carbonyl (C=O) groups is 1. The monoisotopic (exact) mass is 585 g/mol. The number of carbonyl (C=O) groups excluding carboxylic acids is 1. The molecular formula is C26H25Cl2N7O3S. The van der Waals surface area contributed by atoms with Crippen LogP contribution in [-0.2, 0) is 11.3 Å². The zero-order valence-corrected chi connectivity index (χ0v) is 23.2. The summed E-state index contributed by atoms with van der Waals surface area (Å²) in [6.07, 6.45) is 0.671. The number of thiocarbonyl (C=S) groups is 1. The number of nitrogens with one attached hydrogen (secondary N) is 3. The molecule has 0 aliphatic rings. The Bertz CT molecular complexity index is 1430. The van der Waals surface area contributed by atoms with Gasteiger partial charge in [0.1, 0.15) is 23.8 Å². The second-order valence-electron chi connectivity index (χ2n) is 8.13. The number of methoxy groups -OCH3 is 1. The van der Waals surface area contributed by atoms with Gasteiger partial charge >= 0.3 is 0 Å². The molecule has 1 amide bonds. The van der Waals surface area contributed by atoms with Crippen LogP contribution in [0.25, 0.3) is 11.4 Å². The van der Waals surface area contributed by atoms with Crippen molar-refractivity contribution in [3.8, 4) is 28.6 Å². The number of halogens is 2. The summed E-state index contributed by atoms with van der Waals surface area (Å²) in [5.41, 5.74) is 1.45. The maximum Gasteiger partial charge on any atom is 0.243 e. The minimum Gasteiger partial charge on any atom is -0.497 e. The molecule has 39 heavy (non-hydrogen) atoms. The van der Waals surface area contributed by atoms with Gasteiger partial charge < -0.3 is 25.4 Å². The van der Waals surface area contributed by atoms with Crippen LogP contribution in [0, 0.1) is 0 Å². The van der Waals surface area contributed by atoms with Gasteiger partial charge in [-0.25, -0.2) is 0 Å². The number of anilines is 1. The Kier molecular flexibility index (Phi) is 9.90. The van der Waals surface area contributed by atoms with E-state index in [0.29, 0.717) is 57.6 Å². The lowest BCUT2D eigenvalue weighted by Crippen LogP contribution is -2.33. The molecule has 1 heterocycles. The number of tetrazole rings is 1. The lowest BCUT2D eigenvalue weighted by molar-refractivity contribution is -0.122. The predicted molar refractivity (Wildman–Crippen MR) is 155 cm³/mol. The Labute approximate surface area is 240 Å². The van der Waals surface area contributed by atoms with Crippen molar-refractivity contribution in [1.82, 2.24) is 30.8 Å². The highest BCUT2D eigenvalue weighted by molar-refractivity contribution is 7.80. The van der Waals surface area contributed by atoms with Crippen LogP contribution in [-0.4, -0.2) is 51.4 Å². The highest BCUT2D eigenvalue weighted by Gasteiger charge is 2.15. The molecule has 3 aromatic carbocycles. The molecule has 0 saturated heterocycles. The lowest BCUT2D eigenvalue weighted by Gasteiger charge is -2.11. The number of para-hydroxylation sites is 1. The Morgan fingerprint density at radius 3 is 2.54 bits per heavy atom. The summed E-state index contributed by atoms with van der Waals surface area (Å²) in [5, 5.41) is 22.8. The van der Waals surface area contributed by atoms with Gasteiger partial charge in [0.2, 0.25) is 11.7 Å². The van der Waals surface area contributed by atoms with Gasteiger partial charge in [0.05, 0.1) is 17.7 Å². The fraction of sp³-hybridized carbons (Fsp3) is 0.192. The molecule has 4 aromatic rings. The molecule has 0 saturated carbocycles. The summed E-state index contributed by atoms with van der Waals surface area (Å²) in [6.45, 7) is 0.962. The maximum absolute atomic E-state index is 12.4. The Balaban J connectivity index is 1.22. The van der Waals surface area contributed by atoms with Crippen molar-refractivity contribution in [2.45, 2.75) is 13.0 Å². The van der Waals surface area contributed by atoms with Crippen LogP contribution < -0.4 is 25.4 Å². The molecule has 0 aliphatic carbocycles. The molecule has 0 spiro atoms. The summed E-state index contributed by atoms with van der Waals surface area (Å²) in [7, 11) is 1.62. The van der Waals surface area contributed by atoms with Gasteiger partial charge in [0.25, 0.3) is 0 Å². The van der Waals surface area contributed by atoms with Crippen LogP contribution in [0.1, 0.15) is 6.42 Å². The van der Waals surface area contributed by atoms with Gasteiger partial charge in [-0.1, -0.05) is 35.3 Å². The van der Waals surface area contributed by atoms with Gasteiger partial charge in [0.15, 0.2) is 5.11 Å². The standard InChI is InChI=1S/C26H25Cl2N7O3S/c1-37-19-10-8-18(9-11-19)31-26(39)30-14-4-13-29-24(36)16-35-33-25(32-34-35)20-5-2-3-6-22(20)38-23-12-7-17(27)15-21(23)28/h2-3,5-12,15H,4,13-14,16H2,1H3,(H,29,36)(H2,30,31,39). The first-order valence-corrected chi connectivity index (χ1v) is 13.0. The number of amides is 1. The van der Waals surface area contributed by atoms with E-state index in [4.69, 9.17) is 44.9 Å². The van der Waals surface area contributed by atoms with Crippen LogP contribution in [0.15, 0.2) is 66.7 Å². The van der Waals surface area contributed by atoms with E-state index in [2.05, 4.69) is 31.4 Å². The summed E-state index contributed by atoms with van der Waals surface area (Å²) < 4.78 is 11.1. The van der Waals surface area contributed by atoms with E-state index in [9.17, 15) is 4.79 Å². The summed E-state index contributed by atoms with van der Waals surface area (Å²) in [4.78, 5) is 13.6. The normalized spacial score (nSPS) is 10.5. The third kappa shape index (κ3) is 8.28. The number of rotatable bonds is 11. The molecule has 1 aromatic heterocycles. The van der Waals surface area contributed by atoms with Crippen LogP contribution in [0.5, 0.6) is 17.2 Å². The third-order valence-corrected chi connectivity index (χ3v) is 6.07. The highest BCUT2D eigenvalue weighted by atomic mass is 35.5.